The molecule has 0 spiro atoms. The fraction of sp³-hybridized carbons (Fsp3) is 1.00. The molecule has 11 heteroatoms. The second kappa shape index (κ2) is 7.63. The molecule has 0 aromatic heterocycles. The van der Waals surface area contributed by atoms with Gasteiger partial charge in [0, 0.05) is 0 Å². The number of hydrogen-bond donors (Lipinski definition) is 8. The molecule has 8 N–H and O–H groups in total. The molecule has 0 aromatic carbocycles. The minimum atomic E-state index is -1.72. The van der Waals surface area contributed by atoms with Gasteiger partial charge in [0.05, 0.1) is 13.2 Å². The highest BCUT2D eigenvalue weighted by Gasteiger charge is 2.49. The Labute approximate surface area is 130 Å². The molecule has 0 aromatic rings. The third kappa shape index (κ3) is 3.65. The third-order valence-corrected chi connectivity index (χ3v) is 3.97. The Balaban J connectivity index is 2.07. The molecule has 2 saturated heterocycles. The van der Waals surface area contributed by atoms with Crippen molar-refractivity contribution in [1.29, 1.82) is 0 Å². The van der Waals surface area contributed by atoms with Crippen molar-refractivity contribution in [2.24, 2.45) is 0 Å². The maximum Gasteiger partial charge on any atom is 0.189 e. The molecule has 10 atom stereocenters. The van der Waals surface area contributed by atoms with Crippen LogP contribution in [0.5, 0.6) is 0 Å². The molecule has 0 aliphatic carbocycles. The summed E-state index contributed by atoms with van der Waals surface area (Å²) in [4.78, 5) is 0. The van der Waals surface area contributed by atoms with E-state index in [0.717, 1.165) is 0 Å². The molecule has 23 heavy (non-hydrogen) atoms. The summed E-state index contributed by atoms with van der Waals surface area (Å²) in [6.45, 7) is -1.33. The van der Waals surface area contributed by atoms with Crippen LogP contribution in [-0.4, -0.2) is 115 Å². The van der Waals surface area contributed by atoms with E-state index in [9.17, 15) is 30.6 Å². The molecule has 0 amide bonds. The van der Waals surface area contributed by atoms with E-state index in [1.807, 2.05) is 0 Å². The van der Waals surface area contributed by atoms with Gasteiger partial charge >= 0.3 is 0 Å². The van der Waals surface area contributed by atoms with Gasteiger partial charge in [-0.2, -0.15) is 0 Å². The van der Waals surface area contributed by atoms with E-state index in [4.69, 9.17) is 24.4 Å². The molecule has 136 valence electrons. The van der Waals surface area contributed by atoms with Crippen molar-refractivity contribution in [3.63, 3.8) is 0 Å². The Morgan fingerprint density at radius 3 is 1.22 bits per heavy atom. The maximum atomic E-state index is 9.84. The third-order valence-electron chi connectivity index (χ3n) is 3.97. The highest BCUT2D eigenvalue weighted by molar-refractivity contribution is 4.92. The van der Waals surface area contributed by atoms with Crippen molar-refractivity contribution >= 4 is 0 Å². The van der Waals surface area contributed by atoms with Crippen molar-refractivity contribution in [3.05, 3.63) is 0 Å². The first-order chi connectivity index (χ1) is 10.8. The molecule has 11 nitrogen and oxygen atoms in total. The monoisotopic (exact) mass is 342 g/mol. The van der Waals surface area contributed by atoms with Crippen molar-refractivity contribution in [2.45, 2.75) is 61.4 Å². The van der Waals surface area contributed by atoms with E-state index in [2.05, 4.69) is 0 Å². The first kappa shape index (κ1) is 18.9. The lowest BCUT2D eigenvalue weighted by atomic mass is 9.98. The molecule has 0 saturated carbocycles. The highest BCUT2D eigenvalue weighted by atomic mass is 16.8. The van der Waals surface area contributed by atoms with E-state index >= 15 is 0 Å². The van der Waals surface area contributed by atoms with Crippen LogP contribution in [-0.2, 0) is 14.2 Å². The molecular formula is C12H22O11. The van der Waals surface area contributed by atoms with Crippen molar-refractivity contribution < 1.29 is 55.1 Å². The van der Waals surface area contributed by atoms with Gasteiger partial charge in [0.1, 0.15) is 48.8 Å². The van der Waals surface area contributed by atoms with Gasteiger partial charge in [-0.3, -0.25) is 0 Å². The Morgan fingerprint density at radius 2 is 0.913 bits per heavy atom. The Kier molecular flexibility index (Phi) is 6.27. The first-order valence-corrected chi connectivity index (χ1v) is 7.08. The summed E-state index contributed by atoms with van der Waals surface area (Å²) in [5.74, 6) is 0. The van der Waals surface area contributed by atoms with E-state index < -0.39 is 74.6 Å². The average Bonchev–Trinajstić information content (AvgIpc) is 2.55. The molecule has 0 radical (unpaired) electrons. The van der Waals surface area contributed by atoms with E-state index in [-0.39, 0.29) is 0 Å². The van der Waals surface area contributed by atoms with Crippen LogP contribution in [0.4, 0.5) is 0 Å². The summed E-state index contributed by atoms with van der Waals surface area (Å²) >= 11 is 0. The van der Waals surface area contributed by atoms with Gasteiger partial charge in [-0.1, -0.05) is 0 Å². The van der Waals surface area contributed by atoms with Crippen molar-refractivity contribution in [3.8, 4) is 0 Å². The predicted octanol–water partition coefficient (Wildman–Crippen LogP) is -5.40. The summed E-state index contributed by atoms with van der Waals surface area (Å²) in [5, 5.41) is 76.4. The van der Waals surface area contributed by atoms with Crippen molar-refractivity contribution in [2.75, 3.05) is 13.2 Å². The number of rotatable bonds is 4. The SMILES string of the molecule is OC[C@@H]1O[C@H](O[C@@H]2O[C@H](CO)[C@H](O)[C@H](O)[C@H]2O)[C@@H](O)[C@H](O)[C@@H]1O. The number of aliphatic hydroxyl groups excluding tert-OH is 8. The minimum Gasteiger partial charge on any atom is -0.394 e. The molecular weight excluding hydrogens is 320 g/mol. The van der Waals surface area contributed by atoms with Gasteiger partial charge < -0.3 is 55.1 Å². The predicted molar refractivity (Wildman–Crippen MR) is 68.6 cm³/mol. The van der Waals surface area contributed by atoms with Gasteiger partial charge in [0.2, 0.25) is 0 Å². The van der Waals surface area contributed by atoms with Gasteiger partial charge in [-0.25, -0.2) is 0 Å². The van der Waals surface area contributed by atoms with Crippen LogP contribution in [0.15, 0.2) is 0 Å². The van der Waals surface area contributed by atoms with Crippen LogP contribution < -0.4 is 0 Å². The van der Waals surface area contributed by atoms with Crippen LogP contribution in [0.25, 0.3) is 0 Å². The van der Waals surface area contributed by atoms with E-state index in [0.29, 0.717) is 0 Å². The standard InChI is InChI=1S/C12H22O11/c13-1-3-5(15)7(17)9(19)11(21-3)23-12-10(20)8(18)6(16)4(2-14)22-12/h3-20H,1-2H2/t3-,4+,5+,6-,7+,8-,9-,10+,11+,12-. The van der Waals surface area contributed by atoms with Crippen LogP contribution in [0, 0.1) is 0 Å². The molecule has 2 aliphatic rings. The number of ether oxygens (including phenoxy) is 3. The topological polar surface area (TPSA) is 190 Å². The van der Waals surface area contributed by atoms with Gasteiger partial charge in [0.15, 0.2) is 12.6 Å². The Morgan fingerprint density at radius 1 is 0.565 bits per heavy atom. The fourth-order valence-electron chi connectivity index (χ4n) is 2.49. The fourth-order valence-corrected chi connectivity index (χ4v) is 2.49. The van der Waals surface area contributed by atoms with Crippen LogP contribution in [0.1, 0.15) is 0 Å². The zero-order chi connectivity index (χ0) is 17.3. The molecule has 0 bridgehead atoms. The van der Waals surface area contributed by atoms with Crippen LogP contribution in [0.3, 0.4) is 0 Å². The average molecular weight is 342 g/mol. The zero-order valence-corrected chi connectivity index (χ0v) is 12.0. The first-order valence-electron chi connectivity index (χ1n) is 7.08. The lowest BCUT2D eigenvalue weighted by molar-refractivity contribution is -0.376. The lowest BCUT2D eigenvalue weighted by Gasteiger charge is -2.44. The molecule has 2 fully saturated rings. The summed E-state index contributed by atoms with van der Waals surface area (Å²) in [6.07, 6.45) is -15.6. The Bertz CT molecular complexity index is 344. The number of hydrogen-bond acceptors (Lipinski definition) is 11. The van der Waals surface area contributed by atoms with Crippen LogP contribution in [0.2, 0.25) is 0 Å². The van der Waals surface area contributed by atoms with Crippen LogP contribution >= 0.6 is 0 Å². The summed E-state index contributed by atoms with van der Waals surface area (Å²) in [6, 6.07) is 0. The second-order valence-electron chi connectivity index (χ2n) is 5.53. The normalized spacial score (nSPS) is 51.7. The molecule has 0 unspecified atom stereocenters. The minimum absolute atomic E-state index is 0.667. The summed E-state index contributed by atoms with van der Waals surface area (Å²) < 4.78 is 15.3. The largest absolute Gasteiger partial charge is 0.394 e. The Hall–Kier alpha value is -0.440. The van der Waals surface area contributed by atoms with E-state index in [1.54, 1.807) is 0 Å². The maximum absolute atomic E-state index is 9.84. The quantitative estimate of drug-likeness (QED) is 0.243. The van der Waals surface area contributed by atoms with Gasteiger partial charge in [0.25, 0.3) is 0 Å². The van der Waals surface area contributed by atoms with Gasteiger partial charge in [-0.05, 0) is 0 Å². The molecule has 2 aliphatic heterocycles. The smallest absolute Gasteiger partial charge is 0.189 e. The van der Waals surface area contributed by atoms with Crippen molar-refractivity contribution in [1.82, 2.24) is 0 Å². The highest BCUT2D eigenvalue weighted by Crippen LogP contribution is 2.27. The van der Waals surface area contributed by atoms with E-state index in [1.165, 1.54) is 0 Å². The summed E-state index contributed by atoms with van der Waals surface area (Å²) in [7, 11) is 0. The zero-order valence-electron chi connectivity index (χ0n) is 12.0. The lowest BCUT2D eigenvalue weighted by Crippen LogP contribution is -2.63. The van der Waals surface area contributed by atoms with Gasteiger partial charge in [-0.15, -0.1) is 0 Å². The number of aliphatic hydroxyl groups is 8. The molecule has 2 rings (SSSR count). The molecule has 2 heterocycles. The second-order valence-corrected chi connectivity index (χ2v) is 5.53. The summed E-state index contributed by atoms with van der Waals surface area (Å²) in [5.41, 5.74) is 0.